The van der Waals surface area contributed by atoms with Gasteiger partial charge in [-0.3, -0.25) is 0 Å². The number of ether oxygens (including phenoxy) is 2. The largest absolute Gasteiger partial charge is 0.377 e. The Bertz CT molecular complexity index is 1220. The molecule has 0 saturated carbocycles. The van der Waals surface area contributed by atoms with Crippen LogP contribution in [0.3, 0.4) is 0 Å². The van der Waals surface area contributed by atoms with Gasteiger partial charge in [-0.05, 0) is 100 Å². The van der Waals surface area contributed by atoms with Crippen molar-refractivity contribution in [2.45, 2.75) is 107 Å². The summed E-state index contributed by atoms with van der Waals surface area (Å²) in [5, 5.41) is 0. The van der Waals surface area contributed by atoms with Crippen molar-refractivity contribution in [2.24, 2.45) is 10.8 Å². The number of hydrogen-bond donors (Lipinski definition) is 0. The van der Waals surface area contributed by atoms with E-state index in [4.69, 9.17) is 9.47 Å². The predicted molar refractivity (Wildman–Crippen MR) is 194 cm³/mol. The van der Waals surface area contributed by atoms with Crippen molar-refractivity contribution in [1.82, 2.24) is 0 Å². The Morgan fingerprint density at radius 3 is 1.20 bits per heavy atom. The summed E-state index contributed by atoms with van der Waals surface area (Å²) in [4.78, 5) is 0. The molecule has 2 rings (SSSR count). The molecule has 0 N–H and O–H groups in total. The molecule has 0 aromatic heterocycles. The van der Waals surface area contributed by atoms with Crippen LogP contribution in [0.15, 0.2) is 130 Å². The number of methoxy groups -OCH3 is 2. The van der Waals surface area contributed by atoms with E-state index in [-0.39, 0.29) is 23.0 Å². The highest BCUT2D eigenvalue weighted by atomic mass is 16.5. The lowest BCUT2D eigenvalue weighted by molar-refractivity contribution is 0.101. The molecule has 0 aromatic rings. The zero-order valence-corrected chi connectivity index (χ0v) is 29.9. The van der Waals surface area contributed by atoms with Gasteiger partial charge in [0.05, 0.1) is 12.2 Å². The monoisotopic (exact) mass is 596 g/mol. The van der Waals surface area contributed by atoms with Crippen LogP contribution in [0.1, 0.15) is 94.9 Å². The molecular weight excluding hydrogens is 536 g/mol. The molecule has 0 heterocycles. The highest BCUT2D eigenvalue weighted by Crippen LogP contribution is 2.43. The summed E-state index contributed by atoms with van der Waals surface area (Å²) < 4.78 is 11.4. The van der Waals surface area contributed by atoms with Crippen molar-refractivity contribution in [2.75, 3.05) is 14.2 Å². The fourth-order valence-corrected chi connectivity index (χ4v) is 6.17. The van der Waals surface area contributed by atoms with Gasteiger partial charge in [-0.1, -0.05) is 135 Å². The van der Waals surface area contributed by atoms with Gasteiger partial charge in [-0.15, -0.1) is 0 Å². The van der Waals surface area contributed by atoms with Gasteiger partial charge in [0.25, 0.3) is 0 Å². The number of allylic oxidation sites excluding steroid dienone is 20. The van der Waals surface area contributed by atoms with Crippen LogP contribution >= 0.6 is 0 Å². The number of hydrogen-bond acceptors (Lipinski definition) is 2. The molecule has 0 amide bonds. The maximum absolute atomic E-state index is 5.70. The maximum atomic E-state index is 5.70. The molecule has 0 spiro atoms. The Morgan fingerprint density at radius 1 is 0.545 bits per heavy atom. The Kier molecular flexibility index (Phi) is 14.8. The fourth-order valence-electron chi connectivity index (χ4n) is 6.17. The van der Waals surface area contributed by atoms with E-state index in [0.29, 0.717) is 0 Å². The van der Waals surface area contributed by atoms with Crippen LogP contribution in [0.5, 0.6) is 0 Å². The first-order chi connectivity index (χ1) is 20.7. The molecule has 2 atom stereocenters. The molecule has 2 aliphatic rings. The van der Waals surface area contributed by atoms with Gasteiger partial charge in [0.1, 0.15) is 0 Å². The molecule has 0 fully saturated rings. The van der Waals surface area contributed by atoms with E-state index >= 15 is 0 Å². The van der Waals surface area contributed by atoms with Gasteiger partial charge < -0.3 is 9.47 Å². The third-order valence-corrected chi connectivity index (χ3v) is 9.20. The van der Waals surface area contributed by atoms with Gasteiger partial charge in [0.15, 0.2) is 0 Å². The van der Waals surface area contributed by atoms with Crippen LogP contribution in [-0.2, 0) is 9.47 Å². The third kappa shape index (κ3) is 11.5. The molecule has 0 radical (unpaired) electrons. The molecule has 2 unspecified atom stereocenters. The molecule has 2 aliphatic carbocycles. The zero-order valence-electron chi connectivity index (χ0n) is 29.9. The molecule has 0 aromatic carbocycles. The summed E-state index contributed by atoms with van der Waals surface area (Å²) in [5.41, 5.74) is 10.8. The Morgan fingerprint density at radius 2 is 0.864 bits per heavy atom. The summed E-state index contributed by atoms with van der Waals surface area (Å²) in [6.45, 7) is 22.3. The van der Waals surface area contributed by atoms with Crippen LogP contribution in [0.2, 0.25) is 0 Å². The van der Waals surface area contributed by atoms with Crippen molar-refractivity contribution < 1.29 is 9.47 Å². The van der Waals surface area contributed by atoms with Crippen LogP contribution in [0, 0.1) is 10.8 Å². The lowest BCUT2D eigenvalue weighted by atomic mass is 9.71. The molecule has 0 bridgehead atoms. The third-order valence-electron chi connectivity index (χ3n) is 9.20. The van der Waals surface area contributed by atoms with Crippen molar-refractivity contribution in [3.8, 4) is 0 Å². The first kappa shape index (κ1) is 37.2. The molecule has 0 saturated heterocycles. The second-order valence-electron chi connectivity index (χ2n) is 13.9. The Labute approximate surface area is 270 Å². The highest BCUT2D eigenvalue weighted by Gasteiger charge is 2.32. The molecule has 2 heteroatoms. The smallest absolute Gasteiger partial charge is 0.0784 e. The predicted octanol–water partition coefficient (Wildman–Crippen LogP) is 11.9. The number of rotatable bonds is 12. The maximum Gasteiger partial charge on any atom is 0.0784 e. The Balaban J connectivity index is 1.94. The van der Waals surface area contributed by atoms with E-state index in [9.17, 15) is 0 Å². The molecule has 44 heavy (non-hydrogen) atoms. The van der Waals surface area contributed by atoms with Crippen molar-refractivity contribution in [3.05, 3.63) is 130 Å². The SMILES string of the molecule is COC1CCC(C)(C)C(/C=C/C(C)=C/C=C/C(C)=C/C=C/C=C(C)/C=C/C=C(C)/C=C/C2=C(C)C(OC)CCC2(C)C)=C1C. The Hall–Kier alpha value is -2.94. The van der Waals surface area contributed by atoms with E-state index in [1.165, 1.54) is 44.6 Å². The molecular formula is C42H60O2. The van der Waals surface area contributed by atoms with E-state index in [1.54, 1.807) is 0 Å². The standard InChI is InChI=1S/C42H60O2/c1-31(19-15-21-33(3)23-25-37-35(5)39(43-11)27-29-41(37,7)8)17-13-14-18-32(2)20-16-22-34(4)24-26-38-36(6)40(44-12)28-30-42(38,9)10/h13-26,39-40H,27-30H2,1-12H3/b14-13+,19-15+,20-16+,25-23+,26-24+,31-17+,32-18+,33-21+,34-22+. The van der Waals surface area contributed by atoms with Gasteiger partial charge in [-0.2, -0.15) is 0 Å². The molecule has 2 nitrogen and oxygen atoms in total. The van der Waals surface area contributed by atoms with Crippen LogP contribution in [0.4, 0.5) is 0 Å². The van der Waals surface area contributed by atoms with E-state index < -0.39 is 0 Å². The minimum atomic E-state index is 0.186. The van der Waals surface area contributed by atoms with Crippen molar-refractivity contribution in [3.63, 3.8) is 0 Å². The molecule has 240 valence electrons. The second-order valence-corrected chi connectivity index (χ2v) is 13.9. The summed E-state index contributed by atoms with van der Waals surface area (Å²) in [6.07, 6.45) is 35.3. The highest BCUT2D eigenvalue weighted by molar-refractivity contribution is 5.40. The first-order valence-electron chi connectivity index (χ1n) is 16.3. The summed E-state index contributed by atoms with van der Waals surface area (Å²) in [6, 6.07) is 0. The minimum Gasteiger partial charge on any atom is -0.377 e. The van der Waals surface area contributed by atoms with E-state index in [2.05, 4.69) is 154 Å². The zero-order chi connectivity index (χ0) is 32.9. The topological polar surface area (TPSA) is 18.5 Å². The van der Waals surface area contributed by atoms with Crippen molar-refractivity contribution >= 4 is 0 Å². The molecule has 0 aliphatic heterocycles. The van der Waals surface area contributed by atoms with Gasteiger partial charge in [-0.25, -0.2) is 0 Å². The van der Waals surface area contributed by atoms with Crippen LogP contribution in [0.25, 0.3) is 0 Å². The average molecular weight is 597 g/mol. The van der Waals surface area contributed by atoms with Gasteiger partial charge >= 0.3 is 0 Å². The quantitative estimate of drug-likeness (QED) is 0.209. The average Bonchev–Trinajstić information content (AvgIpc) is 2.95. The summed E-state index contributed by atoms with van der Waals surface area (Å²) in [7, 11) is 3.63. The second kappa shape index (κ2) is 17.5. The first-order valence-corrected chi connectivity index (χ1v) is 16.3. The van der Waals surface area contributed by atoms with E-state index in [0.717, 1.165) is 25.7 Å². The lowest BCUT2D eigenvalue weighted by Gasteiger charge is -2.36. The normalized spacial score (nSPS) is 24.5. The fraction of sp³-hybridized carbons (Fsp3) is 0.476. The van der Waals surface area contributed by atoms with E-state index in [1.807, 2.05) is 14.2 Å². The van der Waals surface area contributed by atoms with Crippen molar-refractivity contribution in [1.29, 1.82) is 0 Å². The van der Waals surface area contributed by atoms with Crippen LogP contribution < -0.4 is 0 Å². The summed E-state index contributed by atoms with van der Waals surface area (Å²) in [5.74, 6) is 0. The summed E-state index contributed by atoms with van der Waals surface area (Å²) >= 11 is 0. The lowest BCUT2D eigenvalue weighted by Crippen LogP contribution is -2.28. The van der Waals surface area contributed by atoms with Crippen LogP contribution in [-0.4, -0.2) is 26.4 Å². The minimum absolute atomic E-state index is 0.186. The van der Waals surface area contributed by atoms with Gasteiger partial charge in [0, 0.05) is 14.2 Å². The van der Waals surface area contributed by atoms with Gasteiger partial charge in [0.2, 0.25) is 0 Å².